The van der Waals surface area contributed by atoms with E-state index in [1.165, 1.54) is 0 Å². The number of rotatable bonds is 3. The molecule has 2 aromatic rings. The van der Waals surface area contributed by atoms with Gasteiger partial charge in [0.1, 0.15) is 0 Å². The number of nitrogens with zero attached hydrogens (tertiary/aromatic N) is 1. The molecule has 3 heteroatoms. The van der Waals surface area contributed by atoms with E-state index >= 15 is 0 Å². The van der Waals surface area contributed by atoms with Crippen molar-refractivity contribution in [2.75, 3.05) is 7.05 Å². The van der Waals surface area contributed by atoms with Gasteiger partial charge in [0.05, 0.1) is 5.54 Å². The van der Waals surface area contributed by atoms with Crippen LogP contribution in [0.15, 0.2) is 36.7 Å². The van der Waals surface area contributed by atoms with Crippen LogP contribution in [0.1, 0.15) is 24.2 Å². The van der Waals surface area contributed by atoms with Crippen LogP contribution in [0.4, 0.5) is 0 Å². The zero-order chi connectivity index (χ0) is 12.5. The lowest BCUT2D eigenvalue weighted by atomic mass is 9.91. The van der Waals surface area contributed by atoms with E-state index < -0.39 is 5.54 Å². The minimum absolute atomic E-state index is 0.0595. The number of ketones is 1. The number of carbonyl (C=O) groups excluding carboxylic acids is 1. The van der Waals surface area contributed by atoms with E-state index in [-0.39, 0.29) is 5.78 Å². The summed E-state index contributed by atoms with van der Waals surface area (Å²) in [5, 5.41) is 4.97. The fourth-order valence-corrected chi connectivity index (χ4v) is 1.75. The number of aromatic nitrogens is 1. The van der Waals surface area contributed by atoms with Crippen molar-refractivity contribution in [3.8, 4) is 0 Å². The zero-order valence-electron chi connectivity index (χ0n) is 10.3. The van der Waals surface area contributed by atoms with Crippen molar-refractivity contribution in [3.05, 3.63) is 42.2 Å². The number of likely N-dealkylation sites (N-methyl/N-ethyl adjacent to an activating group) is 1. The van der Waals surface area contributed by atoms with E-state index in [0.717, 1.165) is 10.8 Å². The molecular weight excluding hydrogens is 212 g/mol. The zero-order valence-corrected chi connectivity index (χ0v) is 10.3. The van der Waals surface area contributed by atoms with Crippen molar-refractivity contribution in [2.45, 2.75) is 19.4 Å². The maximum Gasteiger partial charge on any atom is 0.184 e. The minimum Gasteiger partial charge on any atom is -0.308 e. The Morgan fingerprint density at radius 2 is 1.94 bits per heavy atom. The smallest absolute Gasteiger partial charge is 0.184 e. The second-order valence-corrected chi connectivity index (χ2v) is 4.61. The van der Waals surface area contributed by atoms with Gasteiger partial charge in [-0.15, -0.1) is 0 Å². The first-order valence-electron chi connectivity index (χ1n) is 5.63. The molecule has 2 rings (SSSR count). The molecule has 1 N–H and O–H groups in total. The summed E-state index contributed by atoms with van der Waals surface area (Å²) in [6, 6.07) is 7.80. The lowest BCUT2D eigenvalue weighted by Gasteiger charge is -2.22. The molecular formula is C14H16N2O. The highest BCUT2D eigenvalue weighted by Crippen LogP contribution is 2.21. The molecule has 0 saturated heterocycles. The largest absolute Gasteiger partial charge is 0.308 e. The summed E-state index contributed by atoms with van der Waals surface area (Å²) < 4.78 is 0. The fraction of sp³-hybridized carbons (Fsp3) is 0.286. The standard InChI is InChI=1S/C14H16N2O/c1-14(2,15-3)13(17)12-9-16-8-10-6-4-5-7-11(10)12/h4-9,15H,1-3H3. The summed E-state index contributed by atoms with van der Waals surface area (Å²) in [7, 11) is 1.79. The maximum atomic E-state index is 12.4. The van der Waals surface area contributed by atoms with Gasteiger partial charge in [-0.2, -0.15) is 0 Å². The molecule has 17 heavy (non-hydrogen) atoms. The van der Waals surface area contributed by atoms with Crippen molar-refractivity contribution >= 4 is 16.6 Å². The Balaban J connectivity index is 2.60. The number of benzene rings is 1. The monoisotopic (exact) mass is 228 g/mol. The topological polar surface area (TPSA) is 42.0 Å². The average molecular weight is 228 g/mol. The van der Waals surface area contributed by atoms with E-state index in [1.807, 2.05) is 38.1 Å². The minimum atomic E-state index is -0.578. The fourth-order valence-electron chi connectivity index (χ4n) is 1.75. The molecule has 0 fully saturated rings. The van der Waals surface area contributed by atoms with Crippen LogP contribution >= 0.6 is 0 Å². The van der Waals surface area contributed by atoms with Gasteiger partial charge in [0.2, 0.25) is 0 Å². The first kappa shape index (κ1) is 11.7. The van der Waals surface area contributed by atoms with Gasteiger partial charge in [-0.05, 0) is 26.3 Å². The van der Waals surface area contributed by atoms with Crippen LogP contribution < -0.4 is 5.32 Å². The lowest BCUT2D eigenvalue weighted by molar-refractivity contribution is 0.0891. The molecule has 0 amide bonds. The Morgan fingerprint density at radius 3 is 2.65 bits per heavy atom. The molecule has 0 atom stereocenters. The van der Waals surface area contributed by atoms with Crippen molar-refractivity contribution in [3.63, 3.8) is 0 Å². The second-order valence-electron chi connectivity index (χ2n) is 4.61. The van der Waals surface area contributed by atoms with E-state index in [0.29, 0.717) is 5.56 Å². The van der Waals surface area contributed by atoms with Gasteiger partial charge < -0.3 is 5.32 Å². The van der Waals surface area contributed by atoms with Crippen LogP contribution in [0.3, 0.4) is 0 Å². The number of pyridine rings is 1. The molecule has 0 spiro atoms. The highest BCUT2D eigenvalue weighted by molar-refractivity contribution is 6.11. The van der Waals surface area contributed by atoms with E-state index in [2.05, 4.69) is 10.3 Å². The Morgan fingerprint density at radius 1 is 1.24 bits per heavy atom. The molecule has 1 aromatic carbocycles. The molecule has 1 aromatic heterocycles. The summed E-state index contributed by atoms with van der Waals surface area (Å²) in [5.41, 5.74) is 0.0914. The van der Waals surface area contributed by atoms with Crippen LogP contribution in [0, 0.1) is 0 Å². The van der Waals surface area contributed by atoms with Crippen molar-refractivity contribution in [1.82, 2.24) is 10.3 Å². The molecule has 3 nitrogen and oxygen atoms in total. The molecule has 0 bridgehead atoms. The van der Waals surface area contributed by atoms with E-state index in [4.69, 9.17) is 0 Å². The quantitative estimate of drug-likeness (QED) is 0.820. The third kappa shape index (κ3) is 2.06. The van der Waals surface area contributed by atoms with Crippen LogP contribution in [0.25, 0.3) is 10.8 Å². The van der Waals surface area contributed by atoms with E-state index in [1.54, 1.807) is 19.4 Å². The van der Waals surface area contributed by atoms with Crippen molar-refractivity contribution in [1.29, 1.82) is 0 Å². The first-order valence-corrected chi connectivity index (χ1v) is 5.63. The Hall–Kier alpha value is -1.74. The Labute approximate surface area is 101 Å². The second kappa shape index (κ2) is 4.26. The van der Waals surface area contributed by atoms with Gasteiger partial charge in [-0.1, -0.05) is 24.3 Å². The van der Waals surface area contributed by atoms with Crippen LogP contribution in [-0.4, -0.2) is 23.4 Å². The first-order chi connectivity index (χ1) is 8.06. The highest BCUT2D eigenvalue weighted by atomic mass is 16.1. The Kier molecular flexibility index (Phi) is 2.94. The van der Waals surface area contributed by atoms with Crippen LogP contribution in [0.5, 0.6) is 0 Å². The average Bonchev–Trinajstić information content (AvgIpc) is 2.37. The third-order valence-corrected chi connectivity index (χ3v) is 3.11. The SMILES string of the molecule is CNC(C)(C)C(=O)c1cncc2ccccc12. The molecule has 0 aliphatic rings. The summed E-state index contributed by atoms with van der Waals surface area (Å²) >= 11 is 0. The van der Waals surface area contributed by atoms with Crippen LogP contribution in [0.2, 0.25) is 0 Å². The summed E-state index contributed by atoms with van der Waals surface area (Å²) in [6.45, 7) is 3.74. The molecule has 0 saturated carbocycles. The number of hydrogen-bond donors (Lipinski definition) is 1. The summed E-state index contributed by atoms with van der Waals surface area (Å²) in [5.74, 6) is 0.0595. The molecule has 0 radical (unpaired) electrons. The van der Waals surface area contributed by atoms with Gasteiger partial charge >= 0.3 is 0 Å². The molecule has 0 unspecified atom stereocenters. The van der Waals surface area contributed by atoms with Gasteiger partial charge in [0.15, 0.2) is 5.78 Å². The summed E-state index contributed by atoms with van der Waals surface area (Å²) in [4.78, 5) is 16.5. The third-order valence-electron chi connectivity index (χ3n) is 3.11. The number of hydrogen-bond acceptors (Lipinski definition) is 3. The van der Waals surface area contributed by atoms with Gasteiger partial charge in [-0.3, -0.25) is 9.78 Å². The predicted molar refractivity (Wildman–Crippen MR) is 69.2 cm³/mol. The number of carbonyl (C=O) groups is 1. The Bertz CT molecular complexity index is 556. The molecule has 0 aliphatic carbocycles. The van der Waals surface area contributed by atoms with Crippen molar-refractivity contribution in [2.24, 2.45) is 0 Å². The van der Waals surface area contributed by atoms with Crippen LogP contribution in [-0.2, 0) is 0 Å². The highest BCUT2D eigenvalue weighted by Gasteiger charge is 2.27. The van der Waals surface area contributed by atoms with Gasteiger partial charge in [0.25, 0.3) is 0 Å². The van der Waals surface area contributed by atoms with Gasteiger partial charge in [0, 0.05) is 23.3 Å². The van der Waals surface area contributed by atoms with Crippen molar-refractivity contribution < 1.29 is 4.79 Å². The normalized spacial score (nSPS) is 11.7. The summed E-state index contributed by atoms with van der Waals surface area (Å²) in [6.07, 6.45) is 3.42. The number of fused-ring (bicyclic) bond motifs is 1. The van der Waals surface area contributed by atoms with Gasteiger partial charge in [-0.25, -0.2) is 0 Å². The number of nitrogens with one attached hydrogen (secondary N) is 1. The predicted octanol–water partition coefficient (Wildman–Crippen LogP) is 2.42. The molecule has 88 valence electrons. The van der Waals surface area contributed by atoms with E-state index in [9.17, 15) is 4.79 Å². The molecule has 1 heterocycles. The molecule has 0 aliphatic heterocycles. The lowest BCUT2D eigenvalue weighted by Crippen LogP contribution is -2.44. The maximum absolute atomic E-state index is 12.4. The number of Topliss-reactive ketones (excluding diaryl/α,β-unsaturated/α-hetero) is 1.